The smallest absolute Gasteiger partial charge is 0.134 e. The predicted octanol–water partition coefficient (Wildman–Crippen LogP) is 3.75. The summed E-state index contributed by atoms with van der Waals surface area (Å²) in [6, 6.07) is 3.36. The Morgan fingerprint density at radius 1 is 1.53 bits per heavy atom. The highest BCUT2D eigenvalue weighted by molar-refractivity contribution is 5.81. The van der Waals surface area contributed by atoms with Crippen molar-refractivity contribution in [1.29, 1.82) is 0 Å². The number of oxime groups is 1. The fraction of sp³-hybridized carbons (Fsp3) is 0.533. The second-order valence-corrected chi connectivity index (χ2v) is 5.84. The summed E-state index contributed by atoms with van der Waals surface area (Å²) in [5.74, 6) is 0.0131. The van der Waals surface area contributed by atoms with Crippen molar-refractivity contribution in [3.8, 4) is 0 Å². The Labute approximate surface area is 113 Å². The summed E-state index contributed by atoms with van der Waals surface area (Å²) < 4.78 is 14.0. The molecule has 1 aliphatic heterocycles. The minimum atomic E-state index is -0.347. The SMILES string of the molecule is CCN1c2cc(F)c(C=NO)cc2C(C)CC1(C)C. The van der Waals surface area contributed by atoms with Crippen molar-refractivity contribution >= 4 is 11.9 Å². The lowest BCUT2D eigenvalue weighted by Crippen LogP contribution is -2.48. The molecular formula is C15H21FN2O. The molecule has 1 unspecified atom stereocenters. The van der Waals surface area contributed by atoms with Crippen molar-refractivity contribution in [2.24, 2.45) is 5.16 Å². The van der Waals surface area contributed by atoms with E-state index in [9.17, 15) is 4.39 Å². The van der Waals surface area contributed by atoms with Crippen molar-refractivity contribution < 1.29 is 9.60 Å². The van der Waals surface area contributed by atoms with E-state index >= 15 is 0 Å². The Kier molecular flexibility index (Phi) is 3.52. The number of hydrogen-bond donors (Lipinski definition) is 1. The first-order valence-corrected chi connectivity index (χ1v) is 6.69. The van der Waals surface area contributed by atoms with Crippen LogP contribution in [0.1, 0.15) is 51.2 Å². The standard InChI is InChI=1S/C15H21FN2O/c1-5-18-14-7-13(16)11(9-17-19)6-12(14)10(2)8-15(18,3)4/h6-7,9-10,19H,5,8H2,1-4H3. The van der Waals surface area contributed by atoms with E-state index < -0.39 is 0 Å². The van der Waals surface area contributed by atoms with Crippen LogP contribution in [0, 0.1) is 5.82 Å². The van der Waals surface area contributed by atoms with Crippen molar-refractivity contribution in [2.75, 3.05) is 11.4 Å². The van der Waals surface area contributed by atoms with Crippen molar-refractivity contribution in [3.63, 3.8) is 0 Å². The Bertz CT molecular complexity index is 511. The Hall–Kier alpha value is -1.58. The monoisotopic (exact) mass is 264 g/mol. The molecule has 0 aromatic heterocycles. The Balaban J connectivity index is 2.60. The minimum absolute atomic E-state index is 0.0280. The first kappa shape index (κ1) is 13.8. The second kappa shape index (κ2) is 4.83. The summed E-state index contributed by atoms with van der Waals surface area (Å²) in [4.78, 5) is 2.24. The molecule has 1 aliphatic rings. The molecule has 0 amide bonds. The molecule has 4 heteroatoms. The largest absolute Gasteiger partial charge is 0.411 e. The third-order valence-corrected chi connectivity index (χ3v) is 4.02. The predicted molar refractivity (Wildman–Crippen MR) is 75.9 cm³/mol. The van der Waals surface area contributed by atoms with Gasteiger partial charge in [0.2, 0.25) is 0 Å². The number of rotatable bonds is 2. The van der Waals surface area contributed by atoms with Crippen LogP contribution in [0.3, 0.4) is 0 Å². The van der Waals surface area contributed by atoms with Gasteiger partial charge in [0.1, 0.15) is 5.82 Å². The highest BCUT2D eigenvalue weighted by Crippen LogP contribution is 2.43. The van der Waals surface area contributed by atoms with Crippen LogP contribution in [0.5, 0.6) is 0 Å². The minimum Gasteiger partial charge on any atom is -0.411 e. The van der Waals surface area contributed by atoms with Crippen LogP contribution in [0.4, 0.5) is 10.1 Å². The molecule has 1 N–H and O–H groups in total. The molecule has 0 aliphatic carbocycles. The maximum Gasteiger partial charge on any atom is 0.134 e. The van der Waals surface area contributed by atoms with Crippen LogP contribution >= 0.6 is 0 Å². The van der Waals surface area contributed by atoms with Gasteiger partial charge in [-0.2, -0.15) is 0 Å². The molecular weight excluding hydrogens is 243 g/mol. The highest BCUT2D eigenvalue weighted by atomic mass is 19.1. The fourth-order valence-electron chi connectivity index (χ4n) is 3.28. The zero-order valence-corrected chi connectivity index (χ0v) is 11.9. The summed E-state index contributed by atoms with van der Waals surface area (Å²) in [5.41, 5.74) is 2.44. The van der Waals surface area contributed by atoms with Gasteiger partial charge in [0.15, 0.2) is 0 Å². The highest BCUT2D eigenvalue weighted by Gasteiger charge is 2.35. The molecule has 1 heterocycles. The van der Waals surface area contributed by atoms with Gasteiger partial charge in [0, 0.05) is 23.3 Å². The molecule has 1 aromatic rings. The number of nitrogens with zero attached hydrogens (tertiary/aromatic N) is 2. The number of anilines is 1. The molecule has 1 aromatic carbocycles. The summed E-state index contributed by atoms with van der Waals surface area (Å²) in [7, 11) is 0. The average Bonchev–Trinajstić information content (AvgIpc) is 2.31. The maximum absolute atomic E-state index is 14.0. The van der Waals surface area contributed by atoms with Gasteiger partial charge in [-0.3, -0.25) is 0 Å². The van der Waals surface area contributed by atoms with Crippen LogP contribution in [-0.4, -0.2) is 23.5 Å². The number of benzene rings is 1. The molecule has 1 atom stereocenters. The second-order valence-electron chi connectivity index (χ2n) is 5.84. The van der Waals surface area contributed by atoms with E-state index in [2.05, 4.69) is 37.8 Å². The lowest BCUT2D eigenvalue weighted by atomic mass is 9.79. The summed E-state index contributed by atoms with van der Waals surface area (Å²) in [6.07, 6.45) is 2.17. The van der Waals surface area contributed by atoms with Crippen LogP contribution in [0.25, 0.3) is 0 Å². The Morgan fingerprint density at radius 2 is 2.21 bits per heavy atom. The van der Waals surface area contributed by atoms with Crippen LogP contribution in [-0.2, 0) is 0 Å². The van der Waals surface area contributed by atoms with E-state index in [1.165, 1.54) is 0 Å². The zero-order valence-electron chi connectivity index (χ0n) is 11.9. The molecule has 0 saturated carbocycles. The number of hydrogen-bond acceptors (Lipinski definition) is 3. The quantitative estimate of drug-likeness (QED) is 0.501. The van der Waals surface area contributed by atoms with Gasteiger partial charge in [-0.15, -0.1) is 0 Å². The van der Waals surface area contributed by atoms with Crippen LogP contribution in [0.2, 0.25) is 0 Å². The third-order valence-electron chi connectivity index (χ3n) is 4.02. The topological polar surface area (TPSA) is 35.8 Å². The van der Waals surface area contributed by atoms with E-state index in [-0.39, 0.29) is 11.4 Å². The molecule has 0 saturated heterocycles. The number of halogens is 1. The van der Waals surface area contributed by atoms with Crippen molar-refractivity contribution in [2.45, 2.75) is 45.6 Å². The first-order valence-electron chi connectivity index (χ1n) is 6.69. The van der Waals surface area contributed by atoms with Gasteiger partial charge in [0.25, 0.3) is 0 Å². The van der Waals surface area contributed by atoms with Crippen LogP contribution in [0.15, 0.2) is 17.3 Å². The van der Waals surface area contributed by atoms with Crippen molar-refractivity contribution in [3.05, 3.63) is 29.1 Å². The molecule has 0 bridgehead atoms. The average molecular weight is 264 g/mol. The molecule has 104 valence electrons. The molecule has 2 rings (SSSR count). The molecule has 0 spiro atoms. The van der Waals surface area contributed by atoms with E-state index in [4.69, 9.17) is 5.21 Å². The number of fused-ring (bicyclic) bond motifs is 1. The zero-order chi connectivity index (χ0) is 14.2. The fourth-order valence-corrected chi connectivity index (χ4v) is 3.28. The summed E-state index contributed by atoms with van der Waals surface area (Å²) >= 11 is 0. The van der Waals surface area contributed by atoms with E-state index in [1.807, 2.05) is 0 Å². The van der Waals surface area contributed by atoms with E-state index in [0.29, 0.717) is 11.5 Å². The summed E-state index contributed by atoms with van der Waals surface area (Å²) in [6.45, 7) is 9.47. The lowest BCUT2D eigenvalue weighted by molar-refractivity contribution is 0.321. The van der Waals surface area contributed by atoms with Gasteiger partial charge in [-0.25, -0.2) is 4.39 Å². The summed E-state index contributed by atoms with van der Waals surface area (Å²) in [5, 5.41) is 11.5. The lowest BCUT2D eigenvalue weighted by Gasteiger charge is -2.47. The molecule has 3 nitrogen and oxygen atoms in total. The van der Waals surface area contributed by atoms with Gasteiger partial charge >= 0.3 is 0 Å². The van der Waals surface area contributed by atoms with Crippen molar-refractivity contribution in [1.82, 2.24) is 0 Å². The maximum atomic E-state index is 14.0. The third kappa shape index (κ3) is 2.31. The van der Waals surface area contributed by atoms with E-state index in [0.717, 1.165) is 30.4 Å². The van der Waals surface area contributed by atoms with Gasteiger partial charge in [0.05, 0.1) is 6.21 Å². The first-order chi connectivity index (χ1) is 8.90. The molecule has 0 fully saturated rings. The molecule has 0 radical (unpaired) electrons. The normalized spacial score (nSPS) is 21.7. The van der Waals surface area contributed by atoms with Gasteiger partial charge in [-0.05, 0) is 50.8 Å². The van der Waals surface area contributed by atoms with Gasteiger partial charge < -0.3 is 10.1 Å². The molecule has 19 heavy (non-hydrogen) atoms. The van der Waals surface area contributed by atoms with Crippen LogP contribution < -0.4 is 4.90 Å². The Morgan fingerprint density at radius 3 is 2.79 bits per heavy atom. The van der Waals surface area contributed by atoms with E-state index in [1.54, 1.807) is 12.1 Å². The van der Waals surface area contributed by atoms with Gasteiger partial charge in [-0.1, -0.05) is 12.1 Å².